The Morgan fingerprint density at radius 3 is 2.68 bits per heavy atom. The molecule has 1 heterocycles. The first-order valence-corrected chi connectivity index (χ1v) is 6.43. The van der Waals surface area contributed by atoms with Crippen LogP contribution in [0.1, 0.15) is 5.82 Å². The predicted octanol–water partition coefficient (Wildman–Crippen LogP) is 0.737. The molecular weight excluding hydrogens is 266 g/mol. The lowest BCUT2D eigenvalue weighted by molar-refractivity contribution is -0.113. The highest BCUT2D eigenvalue weighted by Gasteiger charge is 2.09. The van der Waals surface area contributed by atoms with E-state index in [0.717, 1.165) is 0 Å². The number of nitrogens with two attached hydrogens (primary N) is 1. The van der Waals surface area contributed by atoms with Crippen LogP contribution in [-0.4, -0.2) is 31.6 Å². The normalized spacial score (nSPS) is 10.4. The Kier molecular flexibility index (Phi) is 3.91. The minimum Gasteiger partial charge on any atom is -0.508 e. The fourth-order valence-corrected chi connectivity index (χ4v) is 2.02. The molecule has 0 aliphatic rings. The Balaban J connectivity index is 1.88. The molecule has 0 bridgehead atoms. The van der Waals surface area contributed by atoms with E-state index in [1.165, 1.54) is 28.6 Å². The number of carbonyl (C=O) groups is 1. The highest BCUT2D eigenvalue weighted by atomic mass is 32.2. The number of amides is 1. The molecule has 0 aliphatic heterocycles. The zero-order valence-corrected chi connectivity index (χ0v) is 11.0. The molecule has 0 atom stereocenters. The first kappa shape index (κ1) is 13.2. The number of nitrogens with one attached hydrogen (secondary N) is 1. The number of thioether (sulfide) groups is 1. The molecule has 4 N–H and O–H groups in total. The lowest BCUT2D eigenvalue weighted by atomic mass is 10.3. The minimum atomic E-state index is -0.184. The van der Waals surface area contributed by atoms with Gasteiger partial charge in [-0.25, -0.2) is 4.68 Å². The van der Waals surface area contributed by atoms with Gasteiger partial charge < -0.3 is 16.3 Å². The van der Waals surface area contributed by atoms with Gasteiger partial charge in [-0.05, 0) is 31.2 Å². The molecule has 1 aromatic carbocycles. The third-order valence-electron chi connectivity index (χ3n) is 2.32. The quantitative estimate of drug-likeness (QED) is 0.433. The number of carbonyl (C=O) groups excluding carboxylic acids is 1. The molecule has 2 aromatic rings. The molecule has 7 nitrogen and oxygen atoms in total. The molecule has 19 heavy (non-hydrogen) atoms. The molecule has 0 saturated heterocycles. The summed E-state index contributed by atoms with van der Waals surface area (Å²) >= 11 is 1.20. The zero-order valence-electron chi connectivity index (χ0n) is 10.2. The van der Waals surface area contributed by atoms with Crippen LogP contribution in [0.2, 0.25) is 0 Å². The van der Waals surface area contributed by atoms with Crippen molar-refractivity contribution in [1.82, 2.24) is 14.9 Å². The second-order valence-corrected chi connectivity index (χ2v) is 4.73. The average molecular weight is 279 g/mol. The van der Waals surface area contributed by atoms with E-state index < -0.39 is 0 Å². The molecule has 0 aliphatic carbocycles. The van der Waals surface area contributed by atoms with E-state index in [9.17, 15) is 4.79 Å². The summed E-state index contributed by atoms with van der Waals surface area (Å²) in [6.45, 7) is 1.73. The van der Waals surface area contributed by atoms with Gasteiger partial charge in [0.05, 0.1) is 5.75 Å². The van der Waals surface area contributed by atoms with Crippen LogP contribution in [0.25, 0.3) is 0 Å². The first-order valence-electron chi connectivity index (χ1n) is 5.45. The number of aryl methyl sites for hydroxylation is 1. The summed E-state index contributed by atoms with van der Waals surface area (Å²) < 4.78 is 1.33. The fourth-order valence-electron chi connectivity index (χ4n) is 1.32. The number of rotatable bonds is 4. The van der Waals surface area contributed by atoms with E-state index in [4.69, 9.17) is 10.9 Å². The SMILES string of the molecule is Cc1nnc(SCC(=O)Nc2ccc(O)cc2)n1N. The van der Waals surface area contributed by atoms with E-state index in [1.807, 2.05) is 0 Å². The number of aromatic hydroxyl groups is 1. The largest absolute Gasteiger partial charge is 0.508 e. The Morgan fingerprint density at radius 1 is 1.42 bits per heavy atom. The van der Waals surface area contributed by atoms with Gasteiger partial charge in [-0.2, -0.15) is 0 Å². The summed E-state index contributed by atoms with van der Waals surface area (Å²) in [5, 5.41) is 19.9. The van der Waals surface area contributed by atoms with Crippen molar-refractivity contribution in [1.29, 1.82) is 0 Å². The molecule has 100 valence electrons. The van der Waals surface area contributed by atoms with Gasteiger partial charge in [0.15, 0.2) is 0 Å². The van der Waals surface area contributed by atoms with Crippen LogP contribution in [-0.2, 0) is 4.79 Å². The molecule has 1 amide bonds. The summed E-state index contributed by atoms with van der Waals surface area (Å²) in [5.41, 5.74) is 0.619. The highest BCUT2D eigenvalue weighted by molar-refractivity contribution is 7.99. The van der Waals surface area contributed by atoms with Gasteiger partial charge in [0, 0.05) is 5.69 Å². The molecule has 0 unspecified atom stereocenters. The number of phenols is 1. The number of benzene rings is 1. The van der Waals surface area contributed by atoms with E-state index in [0.29, 0.717) is 16.7 Å². The van der Waals surface area contributed by atoms with Gasteiger partial charge in [-0.1, -0.05) is 11.8 Å². The van der Waals surface area contributed by atoms with Gasteiger partial charge >= 0.3 is 0 Å². The van der Waals surface area contributed by atoms with Crippen molar-refractivity contribution in [2.45, 2.75) is 12.1 Å². The number of nitrogens with zero attached hydrogens (tertiary/aromatic N) is 3. The van der Waals surface area contributed by atoms with Crippen LogP contribution in [0.3, 0.4) is 0 Å². The van der Waals surface area contributed by atoms with Gasteiger partial charge in [0.2, 0.25) is 11.1 Å². The van der Waals surface area contributed by atoms with E-state index >= 15 is 0 Å². The molecule has 0 spiro atoms. The van der Waals surface area contributed by atoms with Gasteiger partial charge in [0.1, 0.15) is 11.6 Å². The van der Waals surface area contributed by atoms with Gasteiger partial charge in [0.25, 0.3) is 0 Å². The van der Waals surface area contributed by atoms with Crippen LogP contribution in [0.15, 0.2) is 29.4 Å². The molecule has 8 heteroatoms. The monoisotopic (exact) mass is 279 g/mol. The second-order valence-electron chi connectivity index (χ2n) is 3.78. The standard InChI is InChI=1S/C11H13N5O2S/c1-7-14-15-11(16(7)12)19-6-10(18)13-8-2-4-9(17)5-3-8/h2-5,17H,6,12H2,1H3,(H,13,18). The lowest BCUT2D eigenvalue weighted by Gasteiger charge is -2.05. The van der Waals surface area contributed by atoms with Crippen LogP contribution >= 0.6 is 11.8 Å². The van der Waals surface area contributed by atoms with Gasteiger partial charge in [-0.3, -0.25) is 4.79 Å². The zero-order chi connectivity index (χ0) is 13.8. The Morgan fingerprint density at radius 2 is 2.11 bits per heavy atom. The van der Waals surface area contributed by atoms with Crippen LogP contribution in [0, 0.1) is 6.92 Å². The summed E-state index contributed by atoms with van der Waals surface area (Å²) in [4.78, 5) is 11.7. The maximum absolute atomic E-state index is 11.7. The van der Waals surface area contributed by atoms with Crippen molar-refractivity contribution >= 4 is 23.4 Å². The highest BCUT2D eigenvalue weighted by Crippen LogP contribution is 2.16. The predicted molar refractivity (Wildman–Crippen MR) is 72.4 cm³/mol. The molecule has 0 radical (unpaired) electrons. The smallest absolute Gasteiger partial charge is 0.234 e. The molecule has 0 saturated carbocycles. The number of nitrogen functional groups attached to an aromatic ring is 1. The number of hydrogen-bond acceptors (Lipinski definition) is 6. The van der Waals surface area contributed by atoms with E-state index in [2.05, 4.69) is 15.5 Å². The van der Waals surface area contributed by atoms with Crippen LogP contribution in [0.5, 0.6) is 5.75 Å². The Hall–Kier alpha value is -2.22. The molecular formula is C11H13N5O2S. The lowest BCUT2D eigenvalue weighted by Crippen LogP contribution is -2.16. The van der Waals surface area contributed by atoms with E-state index in [-0.39, 0.29) is 17.4 Å². The maximum atomic E-state index is 11.7. The Bertz CT molecular complexity index is 581. The number of hydrogen-bond donors (Lipinski definition) is 3. The van der Waals surface area contributed by atoms with Crippen LogP contribution in [0.4, 0.5) is 5.69 Å². The summed E-state index contributed by atoms with van der Waals surface area (Å²) in [7, 11) is 0. The van der Waals surface area contributed by atoms with Crippen molar-refractivity contribution in [3.05, 3.63) is 30.1 Å². The van der Waals surface area contributed by atoms with Gasteiger partial charge in [-0.15, -0.1) is 10.2 Å². The van der Waals surface area contributed by atoms with Crippen molar-refractivity contribution in [2.24, 2.45) is 0 Å². The topological polar surface area (TPSA) is 106 Å². The van der Waals surface area contributed by atoms with Crippen molar-refractivity contribution in [3.63, 3.8) is 0 Å². The molecule has 1 aromatic heterocycles. The molecule has 0 fully saturated rings. The number of phenolic OH excluding ortho intramolecular Hbond substituents is 1. The van der Waals surface area contributed by atoms with Crippen LogP contribution < -0.4 is 11.2 Å². The summed E-state index contributed by atoms with van der Waals surface area (Å²) in [6, 6.07) is 6.24. The van der Waals surface area contributed by atoms with Crippen molar-refractivity contribution < 1.29 is 9.90 Å². The average Bonchev–Trinajstić information content (AvgIpc) is 2.70. The number of aromatic nitrogens is 3. The molecule has 2 rings (SSSR count). The second kappa shape index (κ2) is 5.61. The third kappa shape index (κ3) is 3.38. The third-order valence-corrected chi connectivity index (χ3v) is 3.26. The van der Waals surface area contributed by atoms with Crippen molar-refractivity contribution in [3.8, 4) is 5.75 Å². The van der Waals surface area contributed by atoms with Crippen molar-refractivity contribution in [2.75, 3.05) is 16.9 Å². The number of anilines is 1. The maximum Gasteiger partial charge on any atom is 0.234 e. The Labute approximate surface area is 113 Å². The first-order chi connectivity index (χ1) is 9.06. The van der Waals surface area contributed by atoms with E-state index in [1.54, 1.807) is 19.1 Å². The summed E-state index contributed by atoms with van der Waals surface area (Å²) in [5.74, 6) is 6.40. The summed E-state index contributed by atoms with van der Waals surface area (Å²) in [6.07, 6.45) is 0. The minimum absolute atomic E-state index is 0.152. The fraction of sp³-hybridized carbons (Fsp3) is 0.182.